The zero-order chi connectivity index (χ0) is 18.0. The summed E-state index contributed by atoms with van der Waals surface area (Å²) in [5.74, 6) is 0.154. The molecule has 134 valence electrons. The molecule has 7 heteroatoms. The van der Waals surface area contributed by atoms with Crippen molar-refractivity contribution in [3.05, 3.63) is 41.6 Å². The standard InChI is InChI=1S/C18H24N4O3/c1-12(2)22-8-5-14(20-22)10-16(23)21-7-4-15(11-21)19-18(24)17-13(3)6-9-25-17/h5-6,8-9,12,15H,4,7,10-11H2,1-3H3,(H,19,24)/t15-/m0/s1. The summed E-state index contributed by atoms with van der Waals surface area (Å²) in [6.45, 7) is 7.10. The molecule has 1 atom stereocenters. The lowest BCUT2D eigenvalue weighted by atomic mass is 10.2. The topological polar surface area (TPSA) is 80.4 Å². The van der Waals surface area contributed by atoms with Crippen molar-refractivity contribution < 1.29 is 14.0 Å². The van der Waals surface area contributed by atoms with Gasteiger partial charge in [0, 0.05) is 36.9 Å². The second kappa shape index (κ2) is 7.13. The van der Waals surface area contributed by atoms with Gasteiger partial charge in [-0.25, -0.2) is 0 Å². The fraction of sp³-hybridized carbons (Fsp3) is 0.500. The Labute approximate surface area is 147 Å². The van der Waals surface area contributed by atoms with Crippen molar-refractivity contribution >= 4 is 11.8 Å². The van der Waals surface area contributed by atoms with Gasteiger partial charge in [0.2, 0.25) is 5.91 Å². The zero-order valence-corrected chi connectivity index (χ0v) is 14.9. The van der Waals surface area contributed by atoms with Crippen molar-refractivity contribution in [2.75, 3.05) is 13.1 Å². The lowest BCUT2D eigenvalue weighted by Gasteiger charge is -2.16. The van der Waals surface area contributed by atoms with Gasteiger partial charge in [-0.1, -0.05) is 0 Å². The molecule has 25 heavy (non-hydrogen) atoms. The quantitative estimate of drug-likeness (QED) is 0.899. The number of hydrogen-bond donors (Lipinski definition) is 1. The molecule has 2 aromatic rings. The van der Waals surface area contributed by atoms with Crippen molar-refractivity contribution in [1.29, 1.82) is 0 Å². The van der Waals surface area contributed by atoms with E-state index in [4.69, 9.17) is 4.42 Å². The van der Waals surface area contributed by atoms with Gasteiger partial charge >= 0.3 is 0 Å². The largest absolute Gasteiger partial charge is 0.459 e. The van der Waals surface area contributed by atoms with Crippen LogP contribution in [0.25, 0.3) is 0 Å². The number of carbonyl (C=O) groups is 2. The van der Waals surface area contributed by atoms with E-state index in [1.165, 1.54) is 6.26 Å². The van der Waals surface area contributed by atoms with Crippen LogP contribution in [0.5, 0.6) is 0 Å². The van der Waals surface area contributed by atoms with Gasteiger partial charge in [-0.3, -0.25) is 14.3 Å². The molecule has 0 bridgehead atoms. The van der Waals surface area contributed by atoms with Gasteiger partial charge in [0.05, 0.1) is 18.4 Å². The summed E-state index contributed by atoms with van der Waals surface area (Å²) < 4.78 is 7.06. The zero-order valence-electron chi connectivity index (χ0n) is 14.9. The summed E-state index contributed by atoms with van der Waals surface area (Å²) in [4.78, 5) is 26.4. The van der Waals surface area contributed by atoms with E-state index in [1.54, 1.807) is 11.0 Å². The molecule has 0 saturated carbocycles. The van der Waals surface area contributed by atoms with E-state index in [0.29, 0.717) is 18.8 Å². The number of amides is 2. The molecule has 7 nitrogen and oxygen atoms in total. The predicted molar refractivity (Wildman–Crippen MR) is 92.2 cm³/mol. The van der Waals surface area contributed by atoms with Crippen LogP contribution in [0.3, 0.4) is 0 Å². The second-order valence-electron chi connectivity index (χ2n) is 6.79. The van der Waals surface area contributed by atoms with E-state index in [-0.39, 0.29) is 30.3 Å². The van der Waals surface area contributed by atoms with E-state index in [1.807, 2.05) is 37.7 Å². The van der Waals surface area contributed by atoms with Gasteiger partial charge in [0.25, 0.3) is 5.91 Å². The summed E-state index contributed by atoms with van der Waals surface area (Å²) >= 11 is 0. The highest BCUT2D eigenvalue weighted by Gasteiger charge is 2.28. The molecule has 0 spiro atoms. The van der Waals surface area contributed by atoms with E-state index >= 15 is 0 Å². The third kappa shape index (κ3) is 3.92. The molecule has 1 aliphatic heterocycles. The average molecular weight is 344 g/mol. The molecule has 1 N–H and O–H groups in total. The van der Waals surface area contributed by atoms with Crippen molar-refractivity contribution in [1.82, 2.24) is 20.0 Å². The maximum absolute atomic E-state index is 12.5. The van der Waals surface area contributed by atoms with Crippen LogP contribution in [0.2, 0.25) is 0 Å². The fourth-order valence-corrected chi connectivity index (χ4v) is 2.99. The number of nitrogens with zero attached hydrogens (tertiary/aromatic N) is 3. The number of likely N-dealkylation sites (tertiary alicyclic amines) is 1. The molecule has 0 radical (unpaired) electrons. The summed E-state index contributed by atoms with van der Waals surface area (Å²) in [5, 5.41) is 7.36. The van der Waals surface area contributed by atoms with E-state index < -0.39 is 0 Å². The summed E-state index contributed by atoms with van der Waals surface area (Å²) in [6, 6.07) is 3.87. The Morgan fingerprint density at radius 2 is 2.20 bits per heavy atom. The molecule has 1 aliphatic rings. The van der Waals surface area contributed by atoms with Crippen LogP contribution < -0.4 is 5.32 Å². The molecule has 0 aliphatic carbocycles. The van der Waals surface area contributed by atoms with Crippen LogP contribution in [-0.4, -0.2) is 45.6 Å². The van der Waals surface area contributed by atoms with Gasteiger partial charge in [0.1, 0.15) is 0 Å². The van der Waals surface area contributed by atoms with Crippen LogP contribution in [0.15, 0.2) is 29.0 Å². The van der Waals surface area contributed by atoms with Crippen LogP contribution in [0.1, 0.15) is 48.1 Å². The van der Waals surface area contributed by atoms with Gasteiger partial charge in [-0.2, -0.15) is 5.10 Å². The van der Waals surface area contributed by atoms with Gasteiger partial charge in [-0.05, 0) is 39.3 Å². The normalized spacial score (nSPS) is 17.3. The van der Waals surface area contributed by atoms with Gasteiger partial charge < -0.3 is 14.6 Å². The Balaban J connectivity index is 1.52. The molecule has 2 aromatic heterocycles. The predicted octanol–water partition coefficient (Wildman–Crippen LogP) is 1.94. The van der Waals surface area contributed by atoms with Crippen molar-refractivity contribution in [3.8, 4) is 0 Å². The molecule has 2 amide bonds. The number of aryl methyl sites for hydroxylation is 1. The maximum atomic E-state index is 12.5. The summed E-state index contributed by atoms with van der Waals surface area (Å²) in [7, 11) is 0. The first-order valence-corrected chi connectivity index (χ1v) is 8.61. The minimum atomic E-state index is -0.225. The first-order valence-electron chi connectivity index (χ1n) is 8.61. The van der Waals surface area contributed by atoms with E-state index in [0.717, 1.165) is 17.7 Å². The van der Waals surface area contributed by atoms with Crippen molar-refractivity contribution in [2.24, 2.45) is 0 Å². The third-order valence-corrected chi connectivity index (χ3v) is 4.47. The van der Waals surface area contributed by atoms with Crippen molar-refractivity contribution in [3.63, 3.8) is 0 Å². The van der Waals surface area contributed by atoms with Gasteiger partial charge in [-0.15, -0.1) is 0 Å². The first-order chi connectivity index (χ1) is 11.9. The summed E-state index contributed by atoms with van der Waals surface area (Å²) in [5.41, 5.74) is 1.58. The Hall–Kier alpha value is -2.57. The van der Waals surface area contributed by atoms with Crippen molar-refractivity contribution in [2.45, 2.75) is 45.7 Å². The smallest absolute Gasteiger partial charge is 0.287 e. The number of nitrogens with one attached hydrogen (secondary N) is 1. The van der Waals surface area contributed by atoms with Gasteiger partial charge in [0.15, 0.2) is 5.76 Å². The fourth-order valence-electron chi connectivity index (χ4n) is 2.99. The average Bonchev–Trinajstić information content (AvgIpc) is 3.27. The Kier molecular flexibility index (Phi) is 4.92. The number of furan rings is 1. The SMILES string of the molecule is Cc1ccoc1C(=O)N[C@H]1CCN(C(=O)Cc2ccn(C(C)C)n2)C1. The second-order valence-corrected chi connectivity index (χ2v) is 6.79. The Morgan fingerprint density at radius 1 is 1.40 bits per heavy atom. The minimum Gasteiger partial charge on any atom is -0.459 e. The summed E-state index contributed by atoms with van der Waals surface area (Å²) in [6.07, 6.45) is 4.44. The number of hydrogen-bond acceptors (Lipinski definition) is 4. The minimum absolute atomic E-state index is 0.0416. The maximum Gasteiger partial charge on any atom is 0.287 e. The molecule has 3 rings (SSSR count). The highest BCUT2D eigenvalue weighted by Crippen LogP contribution is 2.14. The van der Waals surface area contributed by atoms with E-state index in [2.05, 4.69) is 10.4 Å². The highest BCUT2D eigenvalue weighted by atomic mass is 16.3. The van der Waals surface area contributed by atoms with Crippen LogP contribution in [0.4, 0.5) is 0 Å². The first kappa shape index (κ1) is 17.3. The molecular formula is C18H24N4O3. The lowest BCUT2D eigenvalue weighted by molar-refractivity contribution is -0.129. The van der Waals surface area contributed by atoms with Crippen LogP contribution in [0, 0.1) is 6.92 Å². The van der Waals surface area contributed by atoms with Crippen LogP contribution in [-0.2, 0) is 11.2 Å². The molecular weight excluding hydrogens is 320 g/mol. The Morgan fingerprint density at radius 3 is 2.84 bits per heavy atom. The molecule has 0 aromatic carbocycles. The number of aromatic nitrogens is 2. The van der Waals surface area contributed by atoms with E-state index in [9.17, 15) is 9.59 Å². The molecule has 1 saturated heterocycles. The molecule has 0 unspecified atom stereocenters. The van der Waals surface area contributed by atoms with Crippen LogP contribution >= 0.6 is 0 Å². The Bertz CT molecular complexity index is 762. The molecule has 3 heterocycles. The molecule has 1 fully saturated rings. The number of rotatable bonds is 5. The third-order valence-electron chi connectivity index (χ3n) is 4.47. The number of carbonyl (C=O) groups excluding carboxylic acids is 2. The lowest BCUT2D eigenvalue weighted by Crippen LogP contribution is -2.39. The monoisotopic (exact) mass is 344 g/mol. The highest BCUT2D eigenvalue weighted by molar-refractivity contribution is 5.93.